The van der Waals surface area contributed by atoms with Gasteiger partial charge in [-0.1, -0.05) is 0 Å². The molecular weight excluding hydrogens is 178 g/mol. The topological polar surface area (TPSA) is 67.1 Å². The number of nitrogens with zero attached hydrogens (tertiary/aromatic N) is 3. The number of hydrazine groups is 1. The van der Waals surface area contributed by atoms with E-state index in [0.717, 1.165) is 11.4 Å². The molecule has 0 amide bonds. The first-order valence-electron chi connectivity index (χ1n) is 4.75. The summed E-state index contributed by atoms with van der Waals surface area (Å²) in [6, 6.07) is 0.647. The molecule has 1 saturated carbocycles. The van der Waals surface area contributed by atoms with Gasteiger partial charge in [-0.3, -0.25) is 0 Å². The lowest BCUT2D eigenvalue weighted by molar-refractivity contribution is 0.877. The number of rotatable bonds is 3. The lowest BCUT2D eigenvalue weighted by Gasteiger charge is -2.20. The average molecular weight is 193 g/mol. The highest BCUT2D eigenvalue weighted by Crippen LogP contribution is 2.31. The number of nitrogens with two attached hydrogens (primary N) is 1. The molecule has 0 unspecified atom stereocenters. The maximum Gasteiger partial charge on any atom is 0.148 e. The van der Waals surface area contributed by atoms with Crippen LogP contribution in [0.5, 0.6) is 0 Å². The van der Waals surface area contributed by atoms with Gasteiger partial charge in [-0.15, -0.1) is 0 Å². The third kappa shape index (κ3) is 1.50. The van der Waals surface area contributed by atoms with E-state index in [1.807, 2.05) is 6.92 Å². The maximum absolute atomic E-state index is 5.35. The van der Waals surface area contributed by atoms with Gasteiger partial charge in [0.1, 0.15) is 18.0 Å². The van der Waals surface area contributed by atoms with Crippen molar-refractivity contribution >= 4 is 11.6 Å². The van der Waals surface area contributed by atoms with E-state index in [9.17, 15) is 0 Å². The van der Waals surface area contributed by atoms with E-state index in [0.29, 0.717) is 11.9 Å². The van der Waals surface area contributed by atoms with Gasteiger partial charge in [0.15, 0.2) is 0 Å². The van der Waals surface area contributed by atoms with Crippen LogP contribution in [-0.2, 0) is 0 Å². The molecule has 5 nitrogen and oxygen atoms in total. The van der Waals surface area contributed by atoms with Crippen LogP contribution < -0.4 is 16.2 Å². The smallest absolute Gasteiger partial charge is 0.148 e. The molecule has 76 valence electrons. The molecule has 1 aliphatic rings. The van der Waals surface area contributed by atoms with Crippen LogP contribution in [0, 0.1) is 6.92 Å². The standard InChI is InChI=1S/C9H15N5/c1-6-8(13-10)11-5-12-9(6)14(2)7-3-4-7/h5,7H,3-4,10H2,1-2H3,(H,11,12,13). The first-order valence-corrected chi connectivity index (χ1v) is 4.75. The summed E-state index contributed by atoms with van der Waals surface area (Å²) in [5.74, 6) is 7.02. The monoisotopic (exact) mass is 193 g/mol. The van der Waals surface area contributed by atoms with E-state index < -0.39 is 0 Å². The molecule has 14 heavy (non-hydrogen) atoms. The number of anilines is 2. The van der Waals surface area contributed by atoms with Gasteiger partial charge < -0.3 is 10.3 Å². The fourth-order valence-electron chi connectivity index (χ4n) is 1.58. The van der Waals surface area contributed by atoms with E-state index >= 15 is 0 Å². The zero-order valence-electron chi connectivity index (χ0n) is 8.49. The van der Waals surface area contributed by atoms with Crippen LogP contribution in [-0.4, -0.2) is 23.1 Å². The SMILES string of the molecule is Cc1c(NN)ncnc1N(C)C1CC1. The Morgan fingerprint density at radius 2 is 2.21 bits per heavy atom. The van der Waals surface area contributed by atoms with Crippen molar-refractivity contribution in [2.75, 3.05) is 17.4 Å². The minimum atomic E-state index is 0.647. The summed E-state index contributed by atoms with van der Waals surface area (Å²) in [6.07, 6.45) is 4.05. The molecule has 5 heteroatoms. The van der Waals surface area contributed by atoms with Crippen molar-refractivity contribution in [2.24, 2.45) is 5.84 Å². The Balaban J connectivity index is 2.31. The van der Waals surface area contributed by atoms with Crippen LogP contribution in [0.4, 0.5) is 11.6 Å². The van der Waals surface area contributed by atoms with E-state index in [-0.39, 0.29) is 0 Å². The molecule has 0 aliphatic heterocycles. The first-order chi connectivity index (χ1) is 6.74. The quantitative estimate of drug-likeness (QED) is 0.545. The fourth-order valence-corrected chi connectivity index (χ4v) is 1.58. The van der Waals surface area contributed by atoms with Crippen molar-refractivity contribution in [3.05, 3.63) is 11.9 Å². The summed E-state index contributed by atoms with van der Waals surface area (Å²) < 4.78 is 0. The highest BCUT2D eigenvalue weighted by molar-refractivity contribution is 5.57. The second-order valence-corrected chi connectivity index (χ2v) is 3.66. The molecule has 1 fully saturated rings. The third-order valence-electron chi connectivity index (χ3n) is 2.62. The second-order valence-electron chi connectivity index (χ2n) is 3.66. The van der Waals surface area contributed by atoms with Crippen LogP contribution in [0.2, 0.25) is 0 Å². The van der Waals surface area contributed by atoms with Crippen molar-refractivity contribution in [3.8, 4) is 0 Å². The van der Waals surface area contributed by atoms with Crippen LogP contribution in [0.3, 0.4) is 0 Å². The Morgan fingerprint density at radius 1 is 1.50 bits per heavy atom. The molecule has 0 saturated heterocycles. The Morgan fingerprint density at radius 3 is 2.79 bits per heavy atom. The summed E-state index contributed by atoms with van der Waals surface area (Å²) in [4.78, 5) is 10.5. The van der Waals surface area contributed by atoms with Gasteiger partial charge in [0.05, 0.1) is 0 Å². The zero-order valence-corrected chi connectivity index (χ0v) is 8.49. The average Bonchev–Trinajstić information content (AvgIpc) is 3.00. The van der Waals surface area contributed by atoms with Gasteiger partial charge in [-0.2, -0.15) is 0 Å². The minimum Gasteiger partial charge on any atom is -0.356 e. The summed E-state index contributed by atoms with van der Waals surface area (Å²) in [7, 11) is 2.06. The molecule has 0 radical (unpaired) electrons. The zero-order chi connectivity index (χ0) is 10.1. The summed E-state index contributed by atoms with van der Waals surface area (Å²) in [5.41, 5.74) is 3.58. The summed E-state index contributed by atoms with van der Waals surface area (Å²) in [6.45, 7) is 1.98. The molecule has 1 aliphatic carbocycles. The van der Waals surface area contributed by atoms with Crippen LogP contribution in [0.15, 0.2) is 6.33 Å². The van der Waals surface area contributed by atoms with E-state index in [1.54, 1.807) is 0 Å². The van der Waals surface area contributed by atoms with Crippen molar-refractivity contribution in [1.82, 2.24) is 9.97 Å². The van der Waals surface area contributed by atoms with Crippen molar-refractivity contribution < 1.29 is 0 Å². The van der Waals surface area contributed by atoms with Gasteiger partial charge in [-0.05, 0) is 19.8 Å². The number of nitrogen functional groups attached to an aromatic ring is 1. The number of aromatic nitrogens is 2. The largest absolute Gasteiger partial charge is 0.356 e. The predicted molar refractivity (Wildman–Crippen MR) is 56.0 cm³/mol. The van der Waals surface area contributed by atoms with Gasteiger partial charge in [0.25, 0.3) is 0 Å². The lowest BCUT2D eigenvalue weighted by Crippen LogP contribution is -2.23. The Bertz CT molecular complexity index is 334. The molecule has 0 spiro atoms. The first kappa shape index (κ1) is 9.21. The number of hydrogen-bond acceptors (Lipinski definition) is 5. The van der Waals surface area contributed by atoms with Crippen LogP contribution in [0.25, 0.3) is 0 Å². The molecule has 0 atom stereocenters. The second kappa shape index (κ2) is 3.42. The molecular formula is C9H15N5. The van der Waals surface area contributed by atoms with Crippen molar-refractivity contribution in [3.63, 3.8) is 0 Å². The third-order valence-corrected chi connectivity index (χ3v) is 2.62. The Labute approximate surface area is 83.3 Å². The van der Waals surface area contributed by atoms with Crippen molar-refractivity contribution in [1.29, 1.82) is 0 Å². The maximum atomic E-state index is 5.35. The number of hydrogen-bond donors (Lipinski definition) is 2. The molecule has 1 aromatic rings. The Hall–Kier alpha value is -1.36. The molecule has 2 rings (SSSR count). The van der Waals surface area contributed by atoms with Crippen LogP contribution in [0.1, 0.15) is 18.4 Å². The summed E-state index contributed by atoms with van der Waals surface area (Å²) in [5, 5.41) is 0. The lowest BCUT2D eigenvalue weighted by atomic mass is 10.3. The van der Waals surface area contributed by atoms with Crippen molar-refractivity contribution in [2.45, 2.75) is 25.8 Å². The fraction of sp³-hybridized carbons (Fsp3) is 0.556. The minimum absolute atomic E-state index is 0.647. The normalized spacial score (nSPS) is 15.4. The van der Waals surface area contributed by atoms with Gasteiger partial charge in [0, 0.05) is 18.7 Å². The van der Waals surface area contributed by atoms with Crippen LogP contribution >= 0.6 is 0 Å². The molecule has 1 aromatic heterocycles. The molecule has 1 heterocycles. The van der Waals surface area contributed by atoms with Gasteiger partial charge >= 0.3 is 0 Å². The van der Waals surface area contributed by atoms with Gasteiger partial charge in [0.2, 0.25) is 0 Å². The highest BCUT2D eigenvalue weighted by atomic mass is 15.3. The highest BCUT2D eigenvalue weighted by Gasteiger charge is 2.28. The van der Waals surface area contributed by atoms with E-state index in [4.69, 9.17) is 5.84 Å². The summed E-state index contributed by atoms with van der Waals surface area (Å²) >= 11 is 0. The van der Waals surface area contributed by atoms with Gasteiger partial charge in [-0.25, -0.2) is 15.8 Å². The van der Waals surface area contributed by atoms with E-state index in [2.05, 4.69) is 27.3 Å². The predicted octanol–water partition coefficient (Wildman–Crippen LogP) is 0.669. The Kier molecular flexibility index (Phi) is 2.25. The number of nitrogens with one attached hydrogen (secondary N) is 1. The molecule has 0 aromatic carbocycles. The molecule has 3 N–H and O–H groups in total. The van der Waals surface area contributed by atoms with E-state index in [1.165, 1.54) is 19.2 Å². The molecule has 0 bridgehead atoms.